The summed E-state index contributed by atoms with van der Waals surface area (Å²) in [5.41, 5.74) is 0. The SMILES string of the molecule is Cc1nc(CN2CCCC2CCO)n[nH]1. The van der Waals surface area contributed by atoms with E-state index in [4.69, 9.17) is 5.11 Å². The maximum Gasteiger partial charge on any atom is 0.164 e. The molecule has 1 fully saturated rings. The van der Waals surface area contributed by atoms with E-state index in [-0.39, 0.29) is 6.61 Å². The van der Waals surface area contributed by atoms with Gasteiger partial charge in [-0.1, -0.05) is 0 Å². The Bertz CT molecular complexity index is 312. The Kier molecular flexibility index (Phi) is 3.33. The highest BCUT2D eigenvalue weighted by atomic mass is 16.3. The molecule has 0 bridgehead atoms. The van der Waals surface area contributed by atoms with Crippen LogP contribution in [0.1, 0.15) is 30.9 Å². The molecule has 0 spiro atoms. The molecule has 1 aliphatic rings. The van der Waals surface area contributed by atoms with E-state index in [1.807, 2.05) is 6.92 Å². The van der Waals surface area contributed by atoms with Gasteiger partial charge in [-0.3, -0.25) is 10.00 Å². The molecule has 15 heavy (non-hydrogen) atoms. The molecule has 1 aliphatic heterocycles. The number of nitrogens with zero attached hydrogens (tertiary/aromatic N) is 3. The Morgan fingerprint density at radius 2 is 2.47 bits per heavy atom. The zero-order chi connectivity index (χ0) is 10.7. The van der Waals surface area contributed by atoms with E-state index < -0.39 is 0 Å². The summed E-state index contributed by atoms with van der Waals surface area (Å²) >= 11 is 0. The van der Waals surface area contributed by atoms with Gasteiger partial charge in [0.25, 0.3) is 0 Å². The largest absolute Gasteiger partial charge is 0.396 e. The molecule has 0 radical (unpaired) electrons. The monoisotopic (exact) mass is 210 g/mol. The van der Waals surface area contributed by atoms with Gasteiger partial charge >= 0.3 is 0 Å². The number of H-pyrrole nitrogens is 1. The molecule has 0 aliphatic carbocycles. The van der Waals surface area contributed by atoms with Crippen LogP contribution < -0.4 is 0 Å². The quantitative estimate of drug-likeness (QED) is 0.757. The van der Waals surface area contributed by atoms with E-state index in [1.165, 1.54) is 12.8 Å². The van der Waals surface area contributed by atoms with Crippen LogP contribution in [0, 0.1) is 6.92 Å². The van der Waals surface area contributed by atoms with Gasteiger partial charge in [0, 0.05) is 12.6 Å². The molecule has 1 aromatic rings. The summed E-state index contributed by atoms with van der Waals surface area (Å²) in [7, 11) is 0. The number of aryl methyl sites for hydroxylation is 1. The first-order valence-corrected chi connectivity index (χ1v) is 5.52. The molecule has 84 valence electrons. The lowest BCUT2D eigenvalue weighted by Gasteiger charge is -2.21. The predicted molar refractivity (Wildman–Crippen MR) is 56.3 cm³/mol. The van der Waals surface area contributed by atoms with Gasteiger partial charge in [-0.05, 0) is 32.7 Å². The van der Waals surface area contributed by atoms with E-state index in [0.29, 0.717) is 6.04 Å². The first-order valence-electron chi connectivity index (χ1n) is 5.52. The Morgan fingerprint density at radius 1 is 1.60 bits per heavy atom. The molecule has 2 heterocycles. The predicted octanol–water partition coefficient (Wildman–Crippen LogP) is 0.460. The molecule has 1 aromatic heterocycles. The maximum atomic E-state index is 8.95. The van der Waals surface area contributed by atoms with E-state index in [2.05, 4.69) is 20.1 Å². The first kappa shape index (κ1) is 10.6. The van der Waals surface area contributed by atoms with Gasteiger partial charge < -0.3 is 5.11 Å². The van der Waals surface area contributed by atoms with Crippen molar-refractivity contribution in [2.75, 3.05) is 13.2 Å². The third-order valence-corrected chi connectivity index (χ3v) is 2.95. The molecule has 2 N–H and O–H groups in total. The molecule has 1 unspecified atom stereocenters. The van der Waals surface area contributed by atoms with E-state index in [0.717, 1.165) is 31.2 Å². The molecule has 0 aromatic carbocycles. The standard InChI is InChI=1S/C10H18N4O/c1-8-11-10(13-12-8)7-14-5-2-3-9(14)4-6-15/h9,15H,2-7H2,1H3,(H,11,12,13). The van der Waals surface area contributed by atoms with E-state index in [9.17, 15) is 0 Å². The van der Waals surface area contributed by atoms with Gasteiger partial charge in [0.2, 0.25) is 0 Å². The number of aromatic nitrogens is 3. The Hall–Kier alpha value is -0.940. The molecule has 1 atom stereocenters. The maximum absolute atomic E-state index is 8.95. The van der Waals surface area contributed by atoms with Crippen molar-refractivity contribution >= 4 is 0 Å². The minimum absolute atomic E-state index is 0.272. The van der Waals surface area contributed by atoms with Crippen molar-refractivity contribution in [3.63, 3.8) is 0 Å². The average Bonchev–Trinajstić information content (AvgIpc) is 2.78. The van der Waals surface area contributed by atoms with Gasteiger partial charge in [-0.15, -0.1) is 0 Å². The minimum atomic E-state index is 0.272. The van der Waals surface area contributed by atoms with E-state index in [1.54, 1.807) is 0 Å². The van der Waals surface area contributed by atoms with Crippen LogP contribution in [0.3, 0.4) is 0 Å². The van der Waals surface area contributed by atoms with Crippen molar-refractivity contribution in [1.82, 2.24) is 20.1 Å². The number of rotatable bonds is 4. The number of hydrogen-bond acceptors (Lipinski definition) is 4. The highest BCUT2D eigenvalue weighted by molar-refractivity contribution is 4.90. The summed E-state index contributed by atoms with van der Waals surface area (Å²) in [5.74, 6) is 1.72. The smallest absolute Gasteiger partial charge is 0.164 e. The zero-order valence-electron chi connectivity index (χ0n) is 9.11. The third-order valence-electron chi connectivity index (χ3n) is 2.95. The number of likely N-dealkylation sites (tertiary alicyclic amines) is 1. The third kappa shape index (κ3) is 2.54. The van der Waals surface area contributed by atoms with Crippen LogP contribution in [0.15, 0.2) is 0 Å². The molecule has 0 amide bonds. The van der Waals surface area contributed by atoms with Gasteiger partial charge in [0.1, 0.15) is 5.82 Å². The molecular formula is C10H18N4O. The Balaban J connectivity index is 1.93. The summed E-state index contributed by atoms with van der Waals surface area (Å²) in [6.45, 7) is 4.08. The number of nitrogens with one attached hydrogen (secondary N) is 1. The van der Waals surface area contributed by atoms with Crippen molar-refractivity contribution in [1.29, 1.82) is 0 Å². The number of aliphatic hydroxyl groups excluding tert-OH is 1. The highest BCUT2D eigenvalue weighted by Crippen LogP contribution is 2.21. The molecule has 5 heteroatoms. The van der Waals surface area contributed by atoms with Crippen molar-refractivity contribution in [3.8, 4) is 0 Å². The summed E-state index contributed by atoms with van der Waals surface area (Å²) in [5, 5.41) is 15.9. The van der Waals surface area contributed by atoms with Crippen LogP contribution in [-0.4, -0.2) is 44.4 Å². The van der Waals surface area contributed by atoms with Gasteiger partial charge in [0.05, 0.1) is 6.54 Å². The topological polar surface area (TPSA) is 65.0 Å². The fourth-order valence-electron chi connectivity index (χ4n) is 2.22. The van der Waals surface area contributed by atoms with Crippen molar-refractivity contribution in [2.24, 2.45) is 0 Å². The van der Waals surface area contributed by atoms with Crippen LogP contribution in [0.4, 0.5) is 0 Å². The second-order valence-electron chi connectivity index (χ2n) is 4.12. The van der Waals surface area contributed by atoms with Crippen molar-refractivity contribution in [3.05, 3.63) is 11.6 Å². The highest BCUT2D eigenvalue weighted by Gasteiger charge is 2.24. The zero-order valence-corrected chi connectivity index (χ0v) is 9.11. The molecule has 2 rings (SSSR count). The first-order chi connectivity index (χ1) is 7.29. The number of aliphatic hydroxyl groups is 1. The number of hydrogen-bond donors (Lipinski definition) is 2. The van der Waals surface area contributed by atoms with Gasteiger partial charge in [0.15, 0.2) is 5.82 Å². The van der Waals surface area contributed by atoms with Gasteiger partial charge in [-0.2, -0.15) is 5.10 Å². The molecular weight excluding hydrogens is 192 g/mol. The fraction of sp³-hybridized carbons (Fsp3) is 0.800. The molecule has 0 saturated carbocycles. The van der Waals surface area contributed by atoms with Crippen LogP contribution in [0.5, 0.6) is 0 Å². The van der Waals surface area contributed by atoms with Crippen LogP contribution in [-0.2, 0) is 6.54 Å². The minimum Gasteiger partial charge on any atom is -0.396 e. The summed E-state index contributed by atoms with van der Waals surface area (Å²) in [6, 6.07) is 0.508. The van der Waals surface area contributed by atoms with Crippen LogP contribution >= 0.6 is 0 Å². The van der Waals surface area contributed by atoms with Gasteiger partial charge in [-0.25, -0.2) is 4.98 Å². The average molecular weight is 210 g/mol. The normalized spacial score (nSPS) is 22.4. The molecule has 5 nitrogen and oxygen atoms in total. The molecule has 1 saturated heterocycles. The van der Waals surface area contributed by atoms with Crippen molar-refractivity contribution in [2.45, 2.75) is 38.8 Å². The lowest BCUT2D eigenvalue weighted by Crippen LogP contribution is -2.30. The van der Waals surface area contributed by atoms with Crippen molar-refractivity contribution < 1.29 is 5.11 Å². The summed E-state index contributed by atoms with van der Waals surface area (Å²) in [6.07, 6.45) is 3.27. The summed E-state index contributed by atoms with van der Waals surface area (Å²) < 4.78 is 0. The lowest BCUT2D eigenvalue weighted by molar-refractivity contribution is 0.187. The number of aromatic amines is 1. The lowest BCUT2D eigenvalue weighted by atomic mass is 10.1. The Morgan fingerprint density at radius 3 is 3.13 bits per heavy atom. The van der Waals surface area contributed by atoms with E-state index >= 15 is 0 Å². The van der Waals surface area contributed by atoms with Crippen LogP contribution in [0.25, 0.3) is 0 Å². The van der Waals surface area contributed by atoms with Crippen LogP contribution in [0.2, 0.25) is 0 Å². The Labute approximate surface area is 89.5 Å². The fourth-order valence-corrected chi connectivity index (χ4v) is 2.22. The second-order valence-corrected chi connectivity index (χ2v) is 4.12. The summed E-state index contributed by atoms with van der Waals surface area (Å²) in [4.78, 5) is 6.66. The second kappa shape index (κ2) is 4.72.